The summed E-state index contributed by atoms with van der Waals surface area (Å²) in [5, 5.41) is 25.2. The zero-order valence-corrected chi connectivity index (χ0v) is 13.8. The van der Waals surface area contributed by atoms with Crippen molar-refractivity contribution in [2.45, 2.75) is 38.2 Å². The molecule has 10 heteroatoms. The summed E-state index contributed by atoms with van der Waals surface area (Å²) in [6, 6.07) is 5.64. The van der Waals surface area contributed by atoms with Crippen molar-refractivity contribution in [3.63, 3.8) is 0 Å². The molecule has 0 amide bonds. The van der Waals surface area contributed by atoms with Gasteiger partial charge in [-0.3, -0.25) is 20.2 Å². The minimum Gasteiger partial charge on any atom is -0.469 e. The fourth-order valence-corrected chi connectivity index (χ4v) is 2.88. The van der Waals surface area contributed by atoms with E-state index in [9.17, 15) is 20.2 Å². The number of hydrogen-bond donors (Lipinski definition) is 1. The number of non-ortho nitro benzene ring substituents is 1. The van der Waals surface area contributed by atoms with Crippen molar-refractivity contribution in [3.05, 3.63) is 50.8 Å². The van der Waals surface area contributed by atoms with Crippen LogP contribution in [0.4, 0.5) is 22.9 Å². The fourth-order valence-electron chi connectivity index (χ4n) is 2.88. The molecular weight excluding hydrogens is 342 g/mol. The zero-order valence-electron chi connectivity index (χ0n) is 13.8. The van der Waals surface area contributed by atoms with Crippen molar-refractivity contribution in [1.29, 1.82) is 0 Å². The minimum absolute atomic E-state index is 0.0729. The van der Waals surface area contributed by atoms with E-state index in [2.05, 4.69) is 15.3 Å². The Morgan fingerprint density at radius 1 is 1.08 bits per heavy atom. The van der Waals surface area contributed by atoms with Gasteiger partial charge in [0.05, 0.1) is 9.85 Å². The molecule has 0 atom stereocenters. The van der Waals surface area contributed by atoms with Crippen LogP contribution in [0.25, 0.3) is 0 Å². The summed E-state index contributed by atoms with van der Waals surface area (Å²) in [6.45, 7) is 0. The van der Waals surface area contributed by atoms with E-state index in [4.69, 9.17) is 4.74 Å². The van der Waals surface area contributed by atoms with Gasteiger partial charge in [-0.05, 0) is 31.7 Å². The molecule has 0 saturated heterocycles. The second kappa shape index (κ2) is 7.72. The number of hydrogen-bond acceptors (Lipinski definition) is 8. The molecule has 1 heterocycles. The molecule has 1 fully saturated rings. The molecule has 0 radical (unpaired) electrons. The largest absolute Gasteiger partial charge is 0.469 e. The predicted octanol–water partition coefficient (Wildman–Crippen LogP) is 3.75. The lowest BCUT2D eigenvalue weighted by Crippen LogP contribution is -2.21. The van der Waals surface area contributed by atoms with Crippen LogP contribution in [0.2, 0.25) is 0 Å². The average Bonchev–Trinajstić information content (AvgIpc) is 2.62. The first kappa shape index (κ1) is 17.5. The van der Waals surface area contributed by atoms with E-state index in [0.29, 0.717) is 5.69 Å². The summed E-state index contributed by atoms with van der Waals surface area (Å²) < 4.78 is 5.75. The first-order valence-electron chi connectivity index (χ1n) is 8.22. The van der Waals surface area contributed by atoms with Crippen LogP contribution in [0.15, 0.2) is 30.6 Å². The van der Waals surface area contributed by atoms with Gasteiger partial charge in [-0.25, -0.2) is 4.98 Å². The van der Waals surface area contributed by atoms with Gasteiger partial charge in [0, 0.05) is 17.8 Å². The molecule has 1 aliphatic rings. The molecule has 1 aromatic heterocycles. The lowest BCUT2D eigenvalue weighted by Gasteiger charge is -2.22. The van der Waals surface area contributed by atoms with Crippen LogP contribution >= 0.6 is 0 Å². The summed E-state index contributed by atoms with van der Waals surface area (Å²) in [6.07, 6.45) is 5.88. The third-order valence-corrected chi connectivity index (χ3v) is 4.12. The van der Waals surface area contributed by atoms with Gasteiger partial charge in [0.25, 0.3) is 11.6 Å². The van der Waals surface area contributed by atoms with E-state index in [1.807, 2.05) is 0 Å². The van der Waals surface area contributed by atoms with Crippen molar-refractivity contribution >= 4 is 22.9 Å². The monoisotopic (exact) mass is 359 g/mol. The van der Waals surface area contributed by atoms with Gasteiger partial charge in [0.1, 0.15) is 12.4 Å². The number of ether oxygens (including phenoxy) is 1. The number of benzene rings is 1. The summed E-state index contributed by atoms with van der Waals surface area (Å²) in [5.74, 6) is -0.166. The molecule has 1 saturated carbocycles. The molecule has 0 unspecified atom stereocenters. The Labute approximate surface area is 148 Å². The van der Waals surface area contributed by atoms with E-state index >= 15 is 0 Å². The number of nitrogens with zero attached hydrogens (tertiary/aromatic N) is 4. The molecule has 1 aliphatic carbocycles. The number of nitro groups is 2. The summed E-state index contributed by atoms with van der Waals surface area (Å²) in [4.78, 5) is 29.1. The highest BCUT2D eigenvalue weighted by Crippen LogP contribution is 2.35. The summed E-state index contributed by atoms with van der Waals surface area (Å²) >= 11 is 0. The molecule has 2 aromatic rings. The van der Waals surface area contributed by atoms with E-state index in [-0.39, 0.29) is 29.2 Å². The van der Waals surface area contributed by atoms with Gasteiger partial charge in [0.2, 0.25) is 5.82 Å². The van der Waals surface area contributed by atoms with Gasteiger partial charge in [-0.2, -0.15) is 4.98 Å². The SMILES string of the molecule is O=[N+]([O-])c1cccc(Nc2ncnc(OC3CCCCC3)c2[N+](=O)[O-])c1. The minimum atomic E-state index is -0.613. The standard InChI is InChI=1S/C16H17N5O5/c22-20(23)12-6-4-5-11(9-12)19-15-14(21(24)25)16(18-10-17-15)26-13-7-2-1-3-8-13/h4-6,9-10,13H,1-3,7-8H2,(H,17,18,19). The van der Waals surface area contributed by atoms with Crippen LogP contribution < -0.4 is 10.1 Å². The highest BCUT2D eigenvalue weighted by Gasteiger charge is 2.27. The molecule has 3 rings (SSSR count). The van der Waals surface area contributed by atoms with Crippen LogP contribution in [0, 0.1) is 20.2 Å². The van der Waals surface area contributed by atoms with Crippen LogP contribution in [0.5, 0.6) is 5.88 Å². The molecule has 1 N–H and O–H groups in total. The third-order valence-electron chi connectivity index (χ3n) is 4.12. The normalized spacial score (nSPS) is 14.6. The number of nitro benzene ring substituents is 1. The molecule has 0 aliphatic heterocycles. The first-order chi connectivity index (χ1) is 12.5. The van der Waals surface area contributed by atoms with Crippen molar-refractivity contribution < 1.29 is 14.6 Å². The number of anilines is 2. The third kappa shape index (κ3) is 4.02. The Balaban J connectivity index is 1.89. The van der Waals surface area contributed by atoms with Crippen LogP contribution in [0.3, 0.4) is 0 Å². The van der Waals surface area contributed by atoms with Crippen molar-refractivity contribution in [3.8, 4) is 5.88 Å². The summed E-state index contributed by atoms with van der Waals surface area (Å²) in [7, 11) is 0. The Bertz CT molecular complexity index is 822. The van der Waals surface area contributed by atoms with Gasteiger partial charge in [0.15, 0.2) is 0 Å². The van der Waals surface area contributed by atoms with Crippen LogP contribution in [-0.4, -0.2) is 25.9 Å². The zero-order chi connectivity index (χ0) is 18.5. The first-order valence-corrected chi connectivity index (χ1v) is 8.22. The van der Waals surface area contributed by atoms with E-state index in [1.54, 1.807) is 6.07 Å². The molecule has 10 nitrogen and oxygen atoms in total. The van der Waals surface area contributed by atoms with Crippen LogP contribution in [0.1, 0.15) is 32.1 Å². The van der Waals surface area contributed by atoms with Gasteiger partial charge >= 0.3 is 5.69 Å². The maximum Gasteiger partial charge on any atom is 0.373 e. The Morgan fingerprint density at radius 3 is 2.54 bits per heavy atom. The maximum atomic E-state index is 11.5. The quantitative estimate of drug-likeness (QED) is 0.609. The fraction of sp³-hybridized carbons (Fsp3) is 0.375. The Morgan fingerprint density at radius 2 is 1.85 bits per heavy atom. The highest BCUT2D eigenvalue weighted by molar-refractivity contribution is 5.69. The Hall–Kier alpha value is -3.30. The van der Waals surface area contributed by atoms with Gasteiger partial charge in [-0.1, -0.05) is 12.5 Å². The lowest BCUT2D eigenvalue weighted by molar-refractivity contribution is -0.385. The number of nitrogens with one attached hydrogen (secondary N) is 1. The van der Waals surface area contributed by atoms with E-state index in [1.165, 1.54) is 24.5 Å². The highest BCUT2D eigenvalue weighted by atomic mass is 16.6. The van der Waals surface area contributed by atoms with Gasteiger partial charge in [-0.15, -0.1) is 0 Å². The van der Waals surface area contributed by atoms with Crippen LogP contribution in [-0.2, 0) is 0 Å². The lowest BCUT2D eigenvalue weighted by atomic mass is 9.98. The van der Waals surface area contributed by atoms with Crippen molar-refractivity contribution in [1.82, 2.24) is 9.97 Å². The van der Waals surface area contributed by atoms with E-state index in [0.717, 1.165) is 32.1 Å². The molecule has 0 spiro atoms. The van der Waals surface area contributed by atoms with Crippen molar-refractivity contribution in [2.24, 2.45) is 0 Å². The maximum absolute atomic E-state index is 11.5. The second-order valence-electron chi connectivity index (χ2n) is 5.94. The Kier molecular flexibility index (Phi) is 5.20. The molecule has 0 bridgehead atoms. The molecule has 1 aromatic carbocycles. The molecule has 26 heavy (non-hydrogen) atoms. The average molecular weight is 359 g/mol. The topological polar surface area (TPSA) is 133 Å². The smallest absolute Gasteiger partial charge is 0.373 e. The van der Waals surface area contributed by atoms with Crippen molar-refractivity contribution in [2.75, 3.05) is 5.32 Å². The predicted molar refractivity (Wildman–Crippen MR) is 92.6 cm³/mol. The summed E-state index contributed by atoms with van der Waals surface area (Å²) in [5.41, 5.74) is -0.209. The van der Waals surface area contributed by atoms with Gasteiger partial charge < -0.3 is 10.1 Å². The van der Waals surface area contributed by atoms with E-state index < -0.39 is 9.85 Å². The molecule has 136 valence electrons. The molecular formula is C16H17N5O5. The number of rotatable bonds is 6. The second-order valence-corrected chi connectivity index (χ2v) is 5.94. The number of aromatic nitrogens is 2.